The van der Waals surface area contributed by atoms with Gasteiger partial charge >= 0.3 is 0 Å². The van der Waals surface area contributed by atoms with Crippen molar-refractivity contribution in [3.05, 3.63) is 243 Å². The van der Waals surface area contributed by atoms with E-state index in [9.17, 15) is 0 Å². The Morgan fingerprint density at radius 1 is 0.243 bits per heavy atom. The maximum absolute atomic E-state index is 7.11. The summed E-state index contributed by atoms with van der Waals surface area (Å²) in [6.07, 6.45) is 0. The van der Waals surface area contributed by atoms with Gasteiger partial charge in [0.2, 0.25) is 0 Å². The maximum Gasteiger partial charge on any atom is 0.159 e. The molecule has 0 bridgehead atoms. The standard InChI is InChI=1S/C68H40N2O4/c1-4-16-41(17-5-1)64-65-56-37-43-31-33-49(70(47-20-8-3-9-21-47)58-27-15-25-53-51-23-11-13-29-60(51)73-67(53)58)35-45(43)39-62(56)71-63(65)40-55-54-36-42-30-32-48(34-44(42)38-61(54)74-68(55)64)69(46-18-6-2-7-19-46)57-26-14-24-52-50-22-10-12-28-59(50)72-66(52)57/h1-40H. The van der Waals surface area contributed by atoms with Crippen LogP contribution in [0.1, 0.15) is 0 Å². The van der Waals surface area contributed by atoms with Crippen LogP contribution in [-0.4, -0.2) is 0 Å². The van der Waals surface area contributed by atoms with Crippen LogP contribution in [0.3, 0.4) is 0 Å². The van der Waals surface area contributed by atoms with Gasteiger partial charge in [-0.3, -0.25) is 0 Å². The van der Waals surface area contributed by atoms with Gasteiger partial charge in [0, 0.05) is 71.4 Å². The van der Waals surface area contributed by atoms with Crippen molar-refractivity contribution >= 4 is 143 Å². The molecule has 12 aromatic carbocycles. The fraction of sp³-hybridized carbons (Fsp3) is 0. The number of para-hydroxylation sites is 6. The first-order valence-corrected chi connectivity index (χ1v) is 25.0. The van der Waals surface area contributed by atoms with E-state index in [0.717, 1.165) is 155 Å². The van der Waals surface area contributed by atoms with Crippen LogP contribution in [0.4, 0.5) is 34.1 Å². The van der Waals surface area contributed by atoms with Gasteiger partial charge in [0.1, 0.15) is 33.5 Å². The first-order chi connectivity index (χ1) is 36.7. The van der Waals surface area contributed by atoms with E-state index in [0.29, 0.717) is 0 Å². The number of rotatable bonds is 7. The van der Waals surface area contributed by atoms with Crippen LogP contribution in [0.2, 0.25) is 0 Å². The van der Waals surface area contributed by atoms with Crippen LogP contribution in [0.5, 0.6) is 0 Å². The third kappa shape index (κ3) is 6.12. The number of nitrogens with zero attached hydrogens (tertiary/aromatic N) is 2. The molecule has 0 fully saturated rings. The van der Waals surface area contributed by atoms with E-state index in [4.69, 9.17) is 17.7 Å². The molecule has 0 aliphatic carbocycles. The highest BCUT2D eigenvalue weighted by Crippen LogP contribution is 2.49. The van der Waals surface area contributed by atoms with E-state index in [1.807, 2.05) is 24.3 Å². The largest absolute Gasteiger partial charge is 0.456 e. The molecule has 74 heavy (non-hydrogen) atoms. The lowest BCUT2D eigenvalue weighted by Gasteiger charge is -2.25. The van der Waals surface area contributed by atoms with Gasteiger partial charge in [-0.15, -0.1) is 0 Å². The Hall–Kier alpha value is -10.0. The first-order valence-electron chi connectivity index (χ1n) is 25.0. The average molecular weight is 949 g/mol. The van der Waals surface area contributed by atoms with E-state index in [-0.39, 0.29) is 0 Å². The molecule has 6 nitrogen and oxygen atoms in total. The van der Waals surface area contributed by atoms with Gasteiger partial charge in [-0.2, -0.15) is 0 Å². The van der Waals surface area contributed by atoms with Gasteiger partial charge in [-0.25, -0.2) is 0 Å². The molecule has 0 aliphatic heterocycles. The third-order valence-corrected chi connectivity index (χ3v) is 14.9. The minimum atomic E-state index is 0.806. The molecule has 16 aromatic rings. The van der Waals surface area contributed by atoms with E-state index in [2.05, 4.69) is 228 Å². The van der Waals surface area contributed by atoms with Crippen LogP contribution >= 0.6 is 0 Å². The predicted molar refractivity (Wildman–Crippen MR) is 305 cm³/mol. The molecule has 0 spiro atoms. The molecule has 0 radical (unpaired) electrons. The fourth-order valence-electron chi connectivity index (χ4n) is 11.6. The highest BCUT2D eigenvalue weighted by molar-refractivity contribution is 6.25. The molecule has 6 heteroatoms. The highest BCUT2D eigenvalue weighted by Gasteiger charge is 2.25. The molecule has 0 saturated heterocycles. The zero-order valence-corrected chi connectivity index (χ0v) is 39.6. The number of hydrogen-bond acceptors (Lipinski definition) is 6. The summed E-state index contributed by atoms with van der Waals surface area (Å²) in [5.74, 6) is 0. The summed E-state index contributed by atoms with van der Waals surface area (Å²) in [5, 5.41) is 12.8. The molecular weight excluding hydrogens is 909 g/mol. The Balaban J connectivity index is 0.860. The van der Waals surface area contributed by atoms with Gasteiger partial charge in [-0.1, -0.05) is 140 Å². The third-order valence-electron chi connectivity index (χ3n) is 14.9. The molecular formula is C68H40N2O4. The second-order valence-corrected chi connectivity index (χ2v) is 19.2. The summed E-state index contributed by atoms with van der Waals surface area (Å²) < 4.78 is 27.3. The number of benzene rings is 12. The summed E-state index contributed by atoms with van der Waals surface area (Å²) in [6.45, 7) is 0. The lowest BCUT2D eigenvalue weighted by atomic mass is 9.95. The van der Waals surface area contributed by atoms with Crippen molar-refractivity contribution in [2.75, 3.05) is 9.80 Å². The lowest BCUT2D eigenvalue weighted by Crippen LogP contribution is -2.10. The van der Waals surface area contributed by atoms with Crippen LogP contribution in [0.15, 0.2) is 260 Å². The summed E-state index contributed by atoms with van der Waals surface area (Å²) in [6, 6.07) is 85.2. The smallest absolute Gasteiger partial charge is 0.159 e. The van der Waals surface area contributed by atoms with E-state index in [1.165, 1.54) is 0 Å². The monoisotopic (exact) mass is 948 g/mol. The molecule has 0 atom stereocenters. The molecule has 4 aromatic heterocycles. The zero-order valence-electron chi connectivity index (χ0n) is 39.6. The van der Waals surface area contributed by atoms with E-state index >= 15 is 0 Å². The first kappa shape index (κ1) is 40.7. The summed E-state index contributed by atoms with van der Waals surface area (Å²) >= 11 is 0. The topological polar surface area (TPSA) is 59.0 Å². The van der Waals surface area contributed by atoms with Crippen LogP contribution in [0, 0.1) is 0 Å². The quantitative estimate of drug-likeness (QED) is 0.159. The van der Waals surface area contributed by atoms with Crippen LogP contribution < -0.4 is 9.80 Å². The Bertz CT molecular complexity index is 4740. The van der Waals surface area contributed by atoms with Crippen LogP contribution in [-0.2, 0) is 0 Å². The number of fused-ring (bicyclic) bond motifs is 14. The lowest BCUT2D eigenvalue weighted by molar-refractivity contribution is 0.665. The molecule has 0 amide bonds. The van der Waals surface area contributed by atoms with Gasteiger partial charge in [-0.05, 0) is 130 Å². The average Bonchev–Trinajstić information content (AvgIpc) is 4.23. The molecule has 0 N–H and O–H groups in total. The number of furan rings is 4. The predicted octanol–water partition coefficient (Wildman–Crippen LogP) is 20.2. The van der Waals surface area contributed by atoms with Crippen molar-refractivity contribution in [3.63, 3.8) is 0 Å². The van der Waals surface area contributed by atoms with E-state index in [1.54, 1.807) is 0 Å². The van der Waals surface area contributed by atoms with Crippen molar-refractivity contribution in [2.45, 2.75) is 0 Å². The summed E-state index contributed by atoms with van der Waals surface area (Å²) in [7, 11) is 0. The molecule has 0 saturated carbocycles. The normalized spacial score (nSPS) is 12.1. The van der Waals surface area contributed by atoms with Gasteiger partial charge in [0.15, 0.2) is 11.2 Å². The van der Waals surface area contributed by atoms with Crippen molar-refractivity contribution in [2.24, 2.45) is 0 Å². The molecule has 16 rings (SSSR count). The van der Waals surface area contributed by atoms with Crippen LogP contribution in [0.25, 0.3) is 120 Å². The maximum atomic E-state index is 7.11. The second kappa shape index (κ2) is 15.7. The van der Waals surface area contributed by atoms with Crippen molar-refractivity contribution in [1.29, 1.82) is 0 Å². The number of hydrogen-bond donors (Lipinski definition) is 0. The Morgan fingerprint density at radius 3 is 1.28 bits per heavy atom. The van der Waals surface area contributed by atoms with Gasteiger partial charge in [0.25, 0.3) is 0 Å². The Kier molecular flexibility index (Phi) is 8.64. The Labute approximate surface area is 422 Å². The van der Waals surface area contributed by atoms with Crippen molar-refractivity contribution in [1.82, 2.24) is 0 Å². The van der Waals surface area contributed by atoms with Gasteiger partial charge in [0.05, 0.1) is 11.4 Å². The summed E-state index contributed by atoms with van der Waals surface area (Å²) in [5.41, 5.74) is 14.8. The second-order valence-electron chi connectivity index (χ2n) is 19.2. The minimum absolute atomic E-state index is 0.806. The summed E-state index contributed by atoms with van der Waals surface area (Å²) in [4.78, 5) is 4.57. The van der Waals surface area contributed by atoms with E-state index < -0.39 is 0 Å². The molecule has 0 unspecified atom stereocenters. The minimum Gasteiger partial charge on any atom is -0.456 e. The Morgan fingerprint density at radius 2 is 0.716 bits per heavy atom. The molecule has 0 aliphatic rings. The highest BCUT2D eigenvalue weighted by atomic mass is 16.3. The molecule has 4 heterocycles. The van der Waals surface area contributed by atoms with Gasteiger partial charge < -0.3 is 27.5 Å². The SMILES string of the molecule is c1ccc(-c2c3oc4cc5cc(N(c6ccccc6)c6cccc7c6oc6ccccc67)ccc5cc4c3cc3oc4cc5cc(N(c6ccccc6)c6cccc7c6oc6ccccc67)ccc5cc4c23)cc1. The molecule has 346 valence electrons. The van der Waals surface area contributed by atoms with Crippen molar-refractivity contribution in [3.8, 4) is 11.1 Å². The fourth-order valence-corrected chi connectivity index (χ4v) is 11.6. The number of anilines is 6. The van der Waals surface area contributed by atoms with Crippen molar-refractivity contribution < 1.29 is 17.7 Å². The zero-order chi connectivity index (χ0) is 48.4.